The van der Waals surface area contributed by atoms with Gasteiger partial charge in [-0.3, -0.25) is 9.97 Å². The topological polar surface area (TPSA) is 35.6 Å². The number of hydrogen-bond donors (Lipinski definition) is 0. The Morgan fingerprint density at radius 3 is 1.06 bits per heavy atom. The Bertz CT molecular complexity index is 2990. The molecule has 11 aromatic rings. The molecule has 0 saturated heterocycles. The van der Waals surface area contributed by atoms with Gasteiger partial charge in [-0.25, -0.2) is 0 Å². The highest BCUT2D eigenvalue weighted by molar-refractivity contribution is 6.21. The Labute approximate surface area is 310 Å². The Hall–Kier alpha value is -7.30. The van der Waals surface area contributed by atoms with Crippen LogP contribution in [0.5, 0.6) is 0 Å². The van der Waals surface area contributed by atoms with Crippen LogP contribution in [0, 0.1) is 0 Å². The third-order valence-corrected chi connectivity index (χ3v) is 11.4. The molecule has 1 aliphatic rings. The molecule has 0 aliphatic heterocycles. The highest BCUT2D eigenvalue weighted by atomic mass is 15.0. The maximum atomic E-state index is 4.98. The average molecular weight is 687 g/mol. The average Bonchev–Trinajstić information content (AvgIpc) is 3.89. The number of nitrogens with zero attached hydrogens (tertiary/aromatic N) is 4. The molecule has 12 rings (SSSR count). The van der Waals surface area contributed by atoms with Crippen molar-refractivity contribution in [3.63, 3.8) is 0 Å². The van der Waals surface area contributed by atoms with Crippen LogP contribution in [0.2, 0.25) is 0 Å². The molecule has 1 aliphatic carbocycles. The zero-order valence-electron chi connectivity index (χ0n) is 29.1. The number of aromatic nitrogens is 4. The van der Waals surface area contributed by atoms with E-state index in [1.54, 1.807) is 0 Å². The van der Waals surface area contributed by atoms with Gasteiger partial charge in [0.1, 0.15) is 0 Å². The van der Waals surface area contributed by atoms with Crippen LogP contribution in [0.1, 0.15) is 0 Å². The molecule has 4 heteroatoms. The van der Waals surface area contributed by atoms with Gasteiger partial charge in [0.25, 0.3) is 0 Å². The van der Waals surface area contributed by atoms with E-state index in [0.717, 1.165) is 56.1 Å². The van der Waals surface area contributed by atoms with Crippen molar-refractivity contribution in [3.8, 4) is 56.1 Å². The summed E-state index contributed by atoms with van der Waals surface area (Å²) in [7, 11) is 0. The predicted molar refractivity (Wildman–Crippen MR) is 224 cm³/mol. The zero-order chi connectivity index (χ0) is 35.3. The van der Waals surface area contributed by atoms with Crippen molar-refractivity contribution < 1.29 is 0 Å². The normalized spacial score (nSPS) is 12.1. The Balaban J connectivity index is 1.00. The molecule has 0 radical (unpaired) electrons. The summed E-state index contributed by atoms with van der Waals surface area (Å²) in [6.45, 7) is 0. The van der Waals surface area contributed by atoms with E-state index >= 15 is 0 Å². The molecule has 0 unspecified atom stereocenters. The Morgan fingerprint density at radius 2 is 0.685 bits per heavy atom. The quantitative estimate of drug-likeness (QED) is 0.185. The van der Waals surface area contributed by atoms with E-state index in [2.05, 4.69) is 179 Å². The number of rotatable bonds is 4. The van der Waals surface area contributed by atoms with Crippen molar-refractivity contribution in [1.82, 2.24) is 19.1 Å². The maximum Gasteiger partial charge on any atom is 0.0978 e. The second kappa shape index (κ2) is 11.1. The van der Waals surface area contributed by atoms with Crippen LogP contribution in [-0.4, -0.2) is 19.1 Å². The molecule has 0 bridgehead atoms. The van der Waals surface area contributed by atoms with E-state index in [4.69, 9.17) is 9.97 Å². The standard InChI is InChI=1S/C50H30N4/c1-5-13-42-38(9-1)39-10-2-6-14-43(39)53(42)34-23-17-31(18-24-34)36-27-21-33-22-28-37(48-46(33)47(36)49-50(48)52-30-29-51-49)32-19-25-35(26-20-32)54-44-15-7-3-11-40(44)41-12-4-8-16-45(41)54/h1-30H. The molecule has 0 saturated carbocycles. The molecule has 0 N–H and O–H groups in total. The minimum absolute atomic E-state index is 0.939. The van der Waals surface area contributed by atoms with E-state index in [1.807, 2.05) is 12.4 Å². The Kier molecular flexibility index (Phi) is 6.02. The lowest BCUT2D eigenvalue weighted by atomic mass is 9.91. The monoisotopic (exact) mass is 686 g/mol. The van der Waals surface area contributed by atoms with Crippen molar-refractivity contribution >= 4 is 54.4 Å². The fourth-order valence-corrected chi connectivity index (χ4v) is 9.08. The molecular formula is C50H30N4. The van der Waals surface area contributed by atoms with Crippen LogP contribution in [0.3, 0.4) is 0 Å². The van der Waals surface area contributed by atoms with Crippen molar-refractivity contribution in [3.05, 3.63) is 182 Å². The summed E-state index contributed by atoms with van der Waals surface area (Å²) < 4.78 is 4.73. The molecule has 3 heterocycles. The molecule has 250 valence electrons. The fourth-order valence-electron chi connectivity index (χ4n) is 9.08. The number of benzene rings is 8. The molecule has 0 amide bonds. The SMILES string of the molecule is c1ccc2c(c1)c1ccccc1n2-c1ccc(-c2ccc3ccc(-c4ccc(-n5c6ccccc6c6ccccc65)cc4)c4c3c2-c2nccnc2-4)cc1. The summed E-state index contributed by atoms with van der Waals surface area (Å²) in [6, 6.07) is 61.6. The van der Waals surface area contributed by atoms with Crippen LogP contribution in [0.25, 0.3) is 111 Å². The van der Waals surface area contributed by atoms with Gasteiger partial charge in [-0.2, -0.15) is 0 Å². The third kappa shape index (κ3) is 4.02. The van der Waals surface area contributed by atoms with Crippen LogP contribution in [0.15, 0.2) is 182 Å². The van der Waals surface area contributed by atoms with Crippen molar-refractivity contribution in [2.75, 3.05) is 0 Å². The maximum absolute atomic E-state index is 4.98. The molecule has 54 heavy (non-hydrogen) atoms. The van der Waals surface area contributed by atoms with Crippen LogP contribution in [0.4, 0.5) is 0 Å². The summed E-state index contributed by atoms with van der Waals surface area (Å²) in [6.07, 6.45) is 3.64. The lowest BCUT2D eigenvalue weighted by Crippen LogP contribution is -1.94. The molecule has 4 nitrogen and oxygen atoms in total. The van der Waals surface area contributed by atoms with Crippen LogP contribution in [-0.2, 0) is 0 Å². The highest BCUT2D eigenvalue weighted by Gasteiger charge is 2.29. The van der Waals surface area contributed by atoms with Crippen molar-refractivity contribution in [1.29, 1.82) is 0 Å². The molecule has 0 atom stereocenters. The van der Waals surface area contributed by atoms with Gasteiger partial charge in [0.05, 0.1) is 33.5 Å². The van der Waals surface area contributed by atoms with E-state index in [0.29, 0.717) is 0 Å². The van der Waals surface area contributed by atoms with Gasteiger partial charge in [-0.05, 0) is 76.2 Å². The van der Waals surface area contributed by atoms with Gasteiger partial charge in [0, 0.05) is 61.8 Å². The molecule has 0 spiro atoms. The Morgan fingerprint density at radius 1 is 0.333 bits per heavy atom. The number of fused-ring (bicyclic) bond motifs is 9. The van der Waals surface area contributed by atoms with Gasteiger partial charge < -0.3 is 9.13 Å². The first-order valence-electron chi connectivity index (χ1n) is 18.4. The lowest BCUT2D eigenvalue weighted by molar-refractivity contribution is 1.18. The second-order valence-electron chi connectivity index (χ2n) is 14.2. The molecular weight excluding hydrogens is 657 g/mol. The van der Waals surface area contributed by atoms with Crippen molar-refractivity contribution in [2.24, 2.45) is 0 Å². The van der Waals surface area contributed by atoms with E-state index in [9.17, 15) is 0 Å². The fraction of sp³-hybridized carbons (Fsp3) is 0. The lowest BCUT2D eigenvalue weighted by Gasteiger charge is -2.14. The summed E-state index contributed by atoms with van der Waals surface area (Å²) in [5.74, 6) is 0. The summed E-state index contributed by atoms with van der Waals surface area (Å²) in [5, 5.41) is 7.46. The largest absolute Gasteiger partial charge is 0.309 e. The summed E-state index contributed by atoms with van der Waals surface area (Å²) >= 11 is 0. The van der Waals surface area contributed by atoms with Crippen LogP contribution >= 0.6 is 0 Å². The molecule has 0 fully saturated rings. The minimum Gasteiger partial charge on any atom is -0.309 e. The van der Waals surface area contributed by atoms with Crippen LogP contribution < -0.4 is 0 Å². The first-order chi connectivity index (χ1) is 26.8. The minimum atomic E-state index is 0.939. The van der Waals surface area contributed by atoms with E-state index in [-0.39, 0.29) is 0 Å². The summed E-state index contributed by atoms with van der Waals surface area (Å²) in [5.41, 5.74) is 15.9. The summed E-state index contributed by atoms with van der Waals surface area (Å²) in [4.78, 5) is 9.96. The molecule has 8 aromatic carbocycles. The van der Waals surface area contributed by atoms with Gasteiger partial charge in [0.2, 0.25) is 0 Å². The third-order valence-electron chi connectivity index (χ3n) is 11.4. The predicted octanol–water partition coefficient (Wildman–Crippen LogP) is 12.8. The van der Waals surface area contributed by atoms with E-state index in [1.165, 1.54) is 54.4 Å². The van der Waals surface area contributed by atoms with Crippen molar-refractivity contribution in [2.45, 2.75) is 0 Å². The van der Waals surface area contributed by atoms with Gasteiger partial charge in [0.15, 0.2) is 0 Å². The zero-order valence-corrected chi connectivity index (χ0v) is 29.1. The number of para-hydroxylation sites is 4. The van der Waals surface area contributed by atoms with Gasteiger partial charge >= 0.3 is 0 Å². The smallest absolute Gasteiger partial charge is 0.0978 e. The van der Waals surface area contributed by atoms with Gasteiger partial charge in [-0.1, -0.05) is 121 Å². The van der Waals surface area contributed by atoms with Gasteiger partial charge in [-0.15, -0.1) is 0 Å². The first kappa shape index (κ1) is 29.3. The molecule has 3 aromatic heterocycles. The van der Waals surface area contributed by atoms with E-state index < -0.39 is 0 Å². The number of hydrogen-bond acceptors (Lipinski definition) is 2. The second-order valence-corrected chi connectivity index (χ2v) is 14.2. The first-order valence-corrected chi connectivity index (χ1v) is 18.4. The highest BCUT2D eigenvalue weighted by Crippen LogP contribution is 2.52.